The highest BCUT2D eigenvalue weighted by Crippen LogP contribution is 2.25. The SMILES string of the molecule is CC(C)C1=C(C(C)C)OCCCO1. The fraction of sp³-hybridized carbons (Fsp3) is 0.818. The summed E-state index contributed by atoms with van der Waals surface area (Å²) >= 11 is 0. The average molecular weight is 184 g/mol. The zero-order valence-corrected chi connectivity index (χ0v) is 9.09. The maximum atomic E-state index is 5.69. The lowest BCUT2D eigenvalue weighted by Crippen LogP contribution is -2.08. The van der Waals surface area contributed by atoms with E-state index in [1.807, 2.05) is 0 Å². The van der Waals surface area contributed by atoms with Gasteiger partial charge in [0.2, 0.25) is 0 Å². The molecule has 1 heterocycles. The van der Waals surface area contributed by atoms with E-state index in [4.69, 9.17) is 9.47 Å². The van der Waals surface area contributed by atoms with Crippen LogP contribution in [0.2, 0.25) is 0 Å². The topological polar surface area (TPSA) is 18.5 Å². The molecule has 0 atom stereocenters. The Morgan fingerprint density at radius 2 is 1.23 bits per heavy atom. The molecule has 1 aliphatic rings. The molecule has 2 nitrogen and oxygen atoms in total. The Morgan fingerprint density at radius 1 is 0.846 bits per heavy atom. The van der Waals surface area contributed by atoms with E-state index in [1.54, 1.807) is 0 Å². The number of ether oxygens (including phenoxy) is 2. The van der Waals surface area contributed by atoms with Crippen molar-refractivity contribution >= 4 is 0 Å². The minimum atomic E-state index is 0.426. The maximum absolute atomic E-state index is 5.69. The standard InChI is InChI=1S/C11H20O2/c1-8(2)10-11(9(3)4)13-7-5-6-12-10/h8-9H,5-7H2,1-4H3. The third kappa shape index (κ3) is 2.64. The van der Waals surface area contributed by atoms with Crippen LogP contribution in [0.4, 0.5) is 0 Å². The first-order chi connectivity index (χ1) is 6.13. The van der Waals surface area contributed by atoms with Crippen LogP contribution in [0.5, 0.6) is 0 Å². The van der Waals surface area contributed by atoms with Crippen molar-refractivity contribution in [1.82, 2.24) is 0 Å². The predicted molar refractivity (Wildman–Crippen MR) is 53.2 cm³/mol. The molecule has 0 unspecified atom stereocenters. The Hall–Kier alpha value is -0.660. The highest BCUT2D eigenvalue weighted by molar-refractivity contribution is 5.07. The lowest BCUT2D eigenvalue weighted by molar-refractivity contribution is 0.176. The van der Waals surface area contributed by atoms with Crippen molar-refractivity contribution in [1.29, 1.82) is 0 Å². The zero-order chi connectivity index (χ0) is 9.84. The van der Waals surface area contributed by atoms with Crippen LogP contribution in [0, 0.1) is 11.8 Å². The lowest BCUT2D eigenvalue weighted by atomic mass is 10.1. The lowest BCUT2D eigenvalue weighted by Gasteiger charge is -2.18. The van der Waals surface area contributed by atoms with Gasteiger partial charge in [-0.2, -0.15) is 0 Å². The number of hydrogen-bond donors (Lipinski definition) is 0. The number of hydrogen-bond acceptors (Lipinski definition) is 2. The van der Waals surface area contributed by atoms with Gasteiger partial charge in [0.05, 0.1) is 13.2 Å². The average Bonchev–Trinajstić information content (AvgIpc) is 2.27. The first-order valence-corrected chi connectivity index (χ1v) is 5.12. The molecule has 0 spiro atoms. The van der Waals surface area contributed by atoms with Crippen molar-refractivity contribution in [2.75, 3.05) is 13.2 Å². The first-order valence-electron chi connectivity index (χ1n) is 5.12. The molecule has 0 aromatic heterocycles. The van der Waals surface area contributed by atoms with Crippen LogP contribution < -0.4 is 0 Å². The summed E-state index contributed by atoms with van der Waals surface area (Å²) in [4.78, 5) is 0. The van der Waals surface area contributed by atoms with Gasteiger partial charge < -0.3 is 9.47 Å². The number of rotatable bonds is 2. The van der Waals surface area contributed by atoms with E-state index < -0.39 is 0 Å². The summed E-state index contributed by atoms with van der Waals surface area (Å²) in [5.74, 6) is 2.95. The molecule has 0 saturated carbocycles. The molecule has 0 aromatic rings. The van der Waals surface area contributed by atoms with Gasteiger partial charge in [-0.05, 0) is 0 Å². The molecule has 0 saturated heterocycles. The largest absolute Gasteiger partial charge is 0.494 e. The van der Waals surface area contributed by atoms with Crippen molar-refractivity contribution < 1.29 is 9.47 Å². The minimum Gasteiger partial charge on any atom is -0.494 e. The van der Waals surface area contributed by atoms with Crippen molar-refractivity contribution in [3.63, 3.8) is 0 Å². The Labute approximate surface area is 80.9 Å². The van der Waals surface area contributed by atoms with Crippen LogP contribution in [0.25, 0.3) is 0 Å². The molecule has 1 rings (SSSR count). The van der Waals surface area contributed by atoms with Gasteiger partial charge in [-0.1, -0.05) is 27.7 Å². The van der Waals surface area contributed by atoms with Crippen LogP contribution in [0.1, 0.15) is 34.1 Å². The van der Waals surface area contributed by atoms with Crippen LogP contribution in [-0.2, 0) is 9.47 Å². The molecule has 1 aliphatic heterocycles. The second kappa shape index (κ2) is 4.54. The fourth-order valence-electron chi connectivity index (χ4n) is 1.47. The monoisotopic (exact) mass is 184 g/mol. The van der Waals surface area contributed by atoms with Gasteiger partial charge in [0.1, 0.15) is 11.5 Å². The van der Waals surface area contributed by atoms with Crippen molar-refractivity contribution in [3.8, 4) is 0 Å². The molecule has 13 heavy (non-hydrogen) atoms. The quantitative estimate of drug-likeness (QED) is 0.657. The zero-order valence-electron chi connectivity index (χ0n) is 9.09. The second-order valence-electron chi connectivity index (χ2n) is 4.09. The summed E-state index contributed by atoms with van der Waals surface area (Å²) < 4.78 is 11.4. The van der Waals surface area contributed by atoms with Gasteiger partial charge in [-0.25, -0.2) is 0 Å². The summed E-state index contributed by atoms with van der Waals surface area (Å²) in [5, 5.41) is 0. The summed E-state index contributed by atoms with van der Waals surface area (Å²) in [6, 6.07) is 0. The molecule has 0 aromatic carbocycles. The first kappa shape index (κ1) is 10.4. The van der Waals surface area contributed by atoms with E-state index in [2.05, 4.69) is 27.7 Å². The van der Waals surface area contributed by atoms with Crippen LogP contribution in [0.15, 0.2) is 11.5 Å². The highest BCUT2D eigenvalue weighted by atomic mass is 16.5. The van der Waals surface area contributed by atoms with Gasteiger partial charge in [0, 0.05) is 18.3 Å². The summed E-state index contributed by atoms with van der Waals surface area (Å²) in [7, 11) is 0. The molecule has 0 bridgehead atoms. The molecule has 2 heteroatoms. The summed E-state index contributed by atoms with van der Waals surface area (Å²) in [6.07, 6.45) is 0.992. The van der Waals surface area contributed by atoms with Crippen LogP contribution >= 0.6 is 0 Å². The normalized spacial score (nSPS) is 18.6. The molecule has 0 aliphatic carbocycles. The van der Waals surface area contributed by atoms with Gasteiger partial charge in [-0.15, -0.1) is 0 Å². The number of allylic oxidation sites excluding steroid dienone is 2. The molecule has 0 amide bonds. The van der Waals surface area contributed by atoms with Crippen molar-refractivity contribution in [2.45, 2.75) is 34.1 Å². The Kier molecular flexibility index (Phi) is 3.64. The second-order valence-corrected chi connectivity index (χ2v) is 4.09. The van der Waals surface area contributed by atoms with Crippen LogP contribution in [0.3, 0.4) is 0 Å². The highest BCUT2D eigenvalue weighted by Gasteiger charge is 2.19. The van der Waals surface area contributed by atoms with E-state index in [0.717, 1.165) is 31.2 Å². The Bertz CT molecular complexity index is 172. The predicted octanol–water partition coefficient (Wildman–Crippen LogP) is 2.95. The van der Waals surface area contributed by atoms with E-state index in [-0.39, 0.29) is 0 Å². The maximum Gasteiger partial charge on any atom is 0.136 e. The Balaban J connectivity index is 2.85. The smallest absolute Gasteiger partial charge is 0.136 e. The van der Waals surface area contributed by atoms with E-state index in [0.29, 0.717) is 11.8 Å². The van der Waals surface area contributed by atoms with Crippen LogP contribution in [-0.4, -0.2) is 13.2 Å². The molecule has 0 N–H and O–H groups in total. The fourth-order valence-corrected chi connectivity index (χ4v) is 1.47. The molecule has 76 valence electrons. The molecule has 0 radical (unpaired) electrons. The summed E-state index contributed by atoms with van der Waals surface area (Å²) in [5.41, 5.74) is 0. The van der Waals surface area contributed by atoms with E-state index >= 15 is 0 Å². The van der Waals surface area contributed by atoms with Gasteiger partial charge in [0.25, 0.3) is 0 Å². The van der Waals surface area contributed by atoms with Crippen molar-refractivity contribution in [2.24, 2.45) is 11.8 Å². The molecular weight excluding hydrogens is 164 g/mol. The third-order valence-corrected chi connectivity index (χ3v) is 2.10. The Morgan fingerprint density at radius 3 is 1.54 bits per heavy atom. The van der Waals surface area contributed by atoms with Gasteiger partial charge >= 0.3 is 0 Å². The van der Waals surface area contributed by atoms with Gasteiger partial charge in [-0.3, -0.25) is 0 Å². The van der Waals surface area contributed by atoms with E-state index in [1.165, 1.54) is 0 Å². The van der Waals surface area contributed by atoms with E-state index in [9.17, 15) is 0 Å². The van der Waals surface area contributed by atoms with Gasteiger partial charge in [0.15, 0.2) is 0 Å². The molecular formula is C11H20O2. The van der Waals surface area contributed by atoms with Crippen molar-refractivity contribution in [3.05, 3.63) is 11.5 Å². The molecule has 0 fully saturated rings. The minimum absolute atomic E-state index is 0.426. The third-order valence-electron chi connectivity index (χ3n) is 2.10. The summed E-state index contributed by atoms with van der Waals surface area (Å²) in [6.45, 7) is 10.2.